The molecule has 0 aliphatic rings. The Morgan fingerprint density at radius 3 is 2.79 bits per heavy atom. The van der Waals surface area contributed by atoms with Crippen LogP contribution in [0.5, 0.6) is 0 Å². The lowest BCUT2D eigenvalue weighted by molar-refractivity contribution is 0.128. The van der Waals surface area contributed by atoms with Crippen LogP contribution < -0.4 is 5.32 Å². The van der Waals surface area contributed by atoms with Crippen molar-refractivity contribution in [1.82, 2.24) is 15.3 Å². The highest BCUT2D eigenvalue weighted by Gasteiger charge is 2.05. The van der Waals surface area contributed by atoms with E-state index in [1.54, 1.807) is 19.5 Å². The molecule has 14 heavy (non-hydrogen) atoms. The molecule has 0 saturated heterocycles. The fraction of sp³-hybridized carbons (Fsp3) is 0.556. The molecular weight excluding hydrogens is 182 g/mol. The molecule has 0 aromatic carbocycles. The summed E-state index contributed by atoms with van der Waals surface area (Å²) in [5.74, 6) is 0. The van der Waals surface area contributed by atoms with E-state index in [0.29, 0.717) is 13.2 Å². The molecule has 5 nitrogen and oxygen atoms in total. The van der Waals surface area contributed by atoms with Crippen molar-refractivity contribution >= 4 is 0 Å². The topological polar surface area (TPSA) is 67.3 Å². The Labute approximate surface area is 83.2 Å². The van der Waals surface area contributed by atoms with E-state index in [1.165, 1.54) is 6.33 Å². The number of rotatable bonds is 6. The number of aromatic nitrogens is 2. The van der Waals surface area contributed by atoms with E-state index in [4.69, 9.17) is 9.84 Å². The molecule has 2 N–H and O–H groups in total. The third-order valence-electron chi connectivity index (χ3n) is 1.80. The SMILES string of the molecule is COCC(CO)NCc1cncnc1. The van der Waals surface area contributed by atoms with Crippen LogP contribution in [-0.2, 0) is 11.3 Å². The largest absolute Gasteiger partial charge is 0.395 e. The van der Waals surface area contributed by atoms with E-state index in [9.17, 15) is 0 Å². The highest BCUT2D eigenvalue weighted by molar-refractivity contribution is 5.01. The summed E-state index contributed by atoms with van der Waals surface area (Å²) >= 11 is 0. The van der Waals surface area contributed by atoms with Crippen molar-refractivity contribution in [3.05, 3.63) is 24.3 Å². The molecule has 0 bridgehead atoms. The van der Waals surface area contributed by atoms with Gasteiger partial charge in [0.15, 0.2) is 0 Å². The molecule has 5 heteroatoms. The van der Waals surface area contributed by atoms with Gasteiger partial charge >= 0.3 is 0 Å². The molecular formula is C9H15N3O2. The second kappa shape index (κ2) is 6.42. The van der Waals surface area contributed by atoms with Gasteiger partial charge in [0.25, 0.3) is 0 Å². The molecule has 0 amide bonds. The predicted molar refractivity (Wildman–Crippen MR) is 51.6 cm³/mol. The number of nitrogens with zero attached hydrogens (tertiary/aromatic N) is 2. The highest BCUT2D eigenvalue weighted by atomic mass is 16.5. The van der Waals surface area contributed by atoms with Gasteiger partial charge in [-0.2, -0.15) is 0 Å². The summed E-state index contributed by atoms with van der Waals surface area (Å²) in [6.45, 7) is 1.18. The lowest BCUT2D eigenvalue weighted by Crippen LogP contribution is -2.35. The van der Waals surface area contributed by atoms with E-state index in [0.717, 1.165) is 5.56 Å². The minimum atomic E-state index is -0.0415. The third kappa shape index (κ3) is 3.78. The fourth-order valence-electron chi connectivity index (χ4n) is 1.06. The van der Waals surface area contributed by atoms with Crippen LogP contribution in [-0.4, -0.2) is 41.4 Å². The molecule has 0 aliphatic heterocycles. The Balaban J connectivity index is 2.32. The van der Waals surface area contributed by atoms with Gasteiger partial charge in [-0.05, 0) is 0 Å². The summed E-state index contributed by atoms with van der Waals surface area (Å²) in [5.41, 5.74) is 0.988. The van der Waals surface area contributed by atoms with Crippen molar-refractivity contribution in [1.29, 1.82) is 0 Å². The van der Waals surface area contributed by atoms with Crippen molar-refractivity contribution in [2.24, 2.45) is 0 Å². The summed E-state index contributed by atoms with van der Waals surface area (Å²) in [7, 11) is 1.61. The van der Waals surface area contributed by atoms with Gasteiger partial charge < -0.3 is 15.2 Å². The Morgan fingerprint density at radius 1 is 1.50 bits per heavy atom. The molecule has 0 saturated carbocycles. The number of methoxy groups -OCH3 is 1. The second-order valence-corrected chi connectivity index (χ2v) is 2.96. The van der Waals surface area contributed by atoms with Crippen molar-refractivity contribution < 1.29 is 9.84 Å². The first-order valence-corrected chi connectivity index (χ1v) is 4.44. The van der Waals surface area contributed by atoms with Gasteiger partial charge in [-0.3, -0.25) is 0 Å². The quantitative estimate of drug-likeness (QED) is 0.648. The molecule has 0 aliphatic carbocycles. The zero-order valence-electron chi connectivity index (χ0n) is 8.18. The van der Waals surface area contributed by atoms with Gasteiger partial charge in [0, 0.05) is 31.6 Å². The van der Waals surface area contributed by atoms with Gasteiger partial charge in [-0.15, -0.1) is 0 Å². The van der Waals surface area contributed by atoms with Crippen LogP contribution in [0.25, 0.3) is 0 Å². The lowest BCUT2D eigenvalue weighted by Gasteiger charge is -2.14. The third-order valence-corrected chi connectivity index (χ3v) is 1.80. The molecule has 78 valence electrons. The highest BCUT2D eigenvalue weighted by Crippen LogP contribution is 1.93. The van der Waals surface area contributed by atoms with Crippen molar-refractivity contribution in [2.45, 2.75) is 12.6 Å². The Bertz CT molecular complexity index is 243. The summed E-state index contributed by atoms with van der Waals surface area (Å²) < 4.78 is 4.93. The van der Waals surface area contributed by atoms with Crippen molar-refractivity contribution in [3.63, 3.8) is 0 Å². The first-order chi connectivity index (χ1) is 6.86. The van der Waals surface area contributed by atoms with Gasteiger partial charge in [-0.1, -0.05) is 0 Å². The first-order valence-electron chi connectivity index (χ1n) is 4.44. The zero-order chi connectivity index (χ0) is 10.2. The Hall–Kier alpha value is -1.04. The molecule has 1 aromatic heterocycles. The molecule has 0 fully saturated rings. The van der Waals surface area contributed by atoms with Crippen LogP contribution in [0.4, 0.5) is 0 Å². The molecule has 0 radical (unpaired) electrons. The predicted octanol–water partition coefficient (Wildman–Crippen LogP) is -0.427. The summed E-state index contributed by atoms with van der Waals surface area (Å²) in [4.78, 5) is 7.78. The number of nitrogens with one attached hydrogen (secondary N) is 1. The van der Waals surface area contributed by atoms with Gasteiger partial charge in [-0.25, -0.2) is 9.97 Å². The van der Waals surface area contributed by atoms with Gasteiger partial charge in [0.05, 0.1) is 19.3 Å². The van der Waals surface area contributed by atoms with E-state index < -0.39 is 0 Å². The van der Waals surface area contributed by atoms with E-state index >= 15 is 0 Å². The normalized spacial score (nSPS) is 12.7. The van der Waals surface area contributed by atoms with Crippen molar-refractivity contribution in [3.8, 4) is 0 Å². The van der Waals surface area contributed by atoms with Crippen LogP contribution in [0.2, 0.25) is 0 Å². The average molecular weight is 197 g/mol. The molecule has 1 heterocycles. The molecule has 1 atom stereocenters. The maximum Gasteiger partial charge on any atom is 0.115 e. The molecule has 1 rings (SSSR count). The fourth-order valence-corrected chi connectivity index (χ4v) is 1.06. The summed E-state index contributed by atoms with van der Waals surface area (Å²) in [5, 5.41) is 12.1. The van der Waals surface area contributed by atoms with E-state index in [2.05, 4.69) is 15.3 Å². The summed E-state index contributed by atoms with van der Waals surface area (Å²) in [6.07, 6.45) is 4.96. The first kappa shape index (κ1) is 11.0. The monoisotopic (exact) mass is 197 g/mol. The number of hydrogen-bond donors (Lipinski definition) is 2. The maximum atomic E-state index is 8.96. The van der Waals surface area contributed by atoms with Crippen LogP contribution in [0, 0.1) is 0 Å². The van der Waals surface area contributed by atoms with Crippen LogP contribution in [0.1, 0.15) is 5.56 Å². The Kier molecular flexibility index (Phi) is 5.06. The second-order valence-electron chi connectivity index (χ2n) is 2.96. The average Bonchev–Trinajstić information content (AvgIpc) is 2.25. The van der Waals surface area contributed by atoms with Crippen LogP contribution in [0.3, 0.4) is 0 Å². The standard InChI is InChI=1S/C9H15N3O2/c1-14-6-9(5-13)12-4-8-2-10-7-11-3-8/h2-3,7,9,12-13H,4-6H2,1H3. The minimum Gasteiger partial charge on any atom is -0.395 e. The van der Waals surface area contributed by atoms with E-state index in [1.807, 2.05) is 0 Å². The number of hydrogen-bond acceptors (Lipinski definition) is 5. The molecule has 1 aromatic rings. The van der Waals surface area contributed by atoms with Crippen LogP contribution >= 0.6 is 0 Å². The van der Waals surface area contributed by atoms with Crippen molar-refractivity contribution in [2.75, 3.05) is 20.3 Å². The molecule has 0 spiro atoms. The number of ether oxygens (including phenoxy) is 1. The van der Waals surface area contributed by atoms with Crippen LogP contribution in [0.15, 0.2) is 18.7 Å². The number of aliphatic hydroxyl groups is 1. The zero-order valence-corrected chi connectivity index (χ0v) is 8.18. The van der Waals surface area contributed by atoms with Gasteiger partial charge in [0.2, 0.25) is 0 Å². The van der Waals surface area contributed by atoms with Gasteiger partial charge in [0.1, 0.15) is 6.33 Å². The smallest absolute Gasteiger partial charge is 0.115 e. The summed E-state index contributed by atoms with van der Waals surface area (Å²) in [6, 6.07) is -0.0415. The number of aliphatic hydroxyl groups excluding tert-OH is 1. The van der Waals surface area contributed by atoms with E-state index in [-0.39, 0.29) is 12.6 Å². The maximum absolute atomic E-state index is 8.96. The minimum absolute atomic E-state index is 0.0415. The Morgan fingerprint density at radius 2 is 2.21 bits per heavy atom. The molecule has 1 unspecified atom stereocenters. The lowest BCUT2D eigenvalue weighted by atomic mass is 10.3.